The van der Waals surface area contributed by atoms with Crippen LogP contribution in [-0.4, -0.2) is 36.9 Å². The summed E-state index contributed by atoms with van der Waals surface area (Å²) in [5.74, 6) is 0. The Hall–Kier alpha value is -1.57. The van der Waals surface area contributed by atoms with Crippen LogP contribution in [0.4, 0.5) is 5.69 Å². The highest BCUT2D eigenvalue weighted by Gasteiger charge is 2.23. The van der Waals surface area contributed by atoms with E-state index in [0.29, 0.717) is 17.6 Å². The molecule has 0 spiro atoms. The van der Waals surface area contributed by atoms with Crippen molar-refractivity contribution in [3.05, 3.63) is 29.8 Å². The first kappa shape index (κ1) is 12.9. The van der Waals surface area contributed by atoms with Crippen LogP contribution in [0.25, 0.3) is 0 Å². The molecule has 1 saturated heterocycles. The summed E-state index contributed by atoms with van der Waals surface area (Å²) >= 11 is 0. The SMILES string of the molecule is CC1CN(c2ccc(C#N)cc2)CC(CCO)N1. The van der Waals surface area contributed by atoms with Gasteiger partial charge in [-0.05, 0) is 37.6 Å². The van der Waals surface area contributed by atoms with Gasteiger partial charge in [0.15, 0.2) is 0 Å². The van der Waals surface area contributed by atoms with Gasteiger partial charge in [0.1, 0.15) is 0 Å². The lowest BCUT2D eigenvalue weighted by molar-refractivity contribution is 0.250. The molecular weight excluding hydrogens is 226 g/mol. The number of anilines is 1. The van der Waals surface area contributed by atoms with Crippen molar-refractivity contribution < 1.29 is 5.11 Å². The van der Waals surface area contributed by atoms with Crippen molar-refractivity contribution in [2.24, 2.45) is 0 Å². The highest BCUT2D eigenvalue weighted by atomic mass is 16.3. The van der Waals surface area contributed by atoms with Gasteiger partial charge in [0.2, 0.25) is 0 Å². The van der Waals surface area contributed by atoms with Crippen LogP contribution >= 0.6 is 0 Å². The maximum atomic E-state index is 9.04. The minimum Gasteiger partial charge on any atom is -0.396 e. The van der Waals surface area contributed by atoms with Crippen molar-refractivity contribution in [2.75, 3.05) is 24.6 Å². The molecule has 2 unspecified atom stereocenters. The molecular formula is C14H19N3O. The largest absolute Gasteiger partial charge is 0.396 e. The van der Waals surface area contributed by atoms with Crippen LogP contribution in [0.2, 0.25) is 0 Å². The predicted molar refractivity (Wildman–Crippen MR) is 71.5 cm³/mol. The van der Waals surface area contributed by atoms with Crippen LogP contribution in [0, 0.1) is 11.3 Å². The predicted octanol–water partition coefficient (Wildman–Crippen LogP) is 1.11. The normalized spacial score (nSPS) is 23.7. The number of rotatable bonds is 3. The van der Waals surface area contributed by atoms with E-state index in [1.165, 1.54) is 0 Å². The number of nitriles is 1. The molecule has 1 aliphatic rings. The van der Waals surface area contributed by atoms with Gasteiger partial charge in [0, 0.05) is 37.5 Å². The molecule has 18 heavy (non-hydrogen) atoms. The molecule has 2 N–H and O–H groups in total. The first-order chi connectivity index (χ1) is 8.72. The minimum atomic E-state index is 0.214. The number of hydrogen-bond donors (Lipinski definition) is 2. The average Bonchev–Trinajstić information content (AvgIpc) is 2.38. The minimum absolute atomic E-state index is 0.214. The fourth-order valence-electron chi connectivity index (χ4n) is 2.47. The molecule has 1 aromatic carbocycles. The third-order valence-corrected chi connectivity index (χ3v) is 3.29. The standard InChI is InChI=1S/C14H19N3O/c1-11-9-17(10-13(16-11)6-7-18)14-4-2-12(8-15)3-5-14/h2-5,11,13,16,18H,6-7,9-10H2,1H3. The number of piperazine rings is 1. The van der Waals surface area contributed by atoms with E-state index in [1.807, 2.05) is 24.3 Å². The van der Waals surface area contributed by atoms with E-state index >= 15 is 0 Å². The lowest BCUT2D eigenvalue weighted by Crippen LogP contribution is -2.55. The first-order valence-electron chi connectivity index (χ1n) is 6.35. The number of nitrogens with one attached hydrogen (secondary N) is 1. The molecule has 1 aliphatic heterocycles. The van der Waals surface area contributed by atoms with E-state index in [1.54, 1.807) is 0 Å². The number of nitrogens with zero attached hydrogens (tertiary/aromatic N) is 2. The second-order valence-electron chi connectivity index (χ2n) is 4.84. The summed E-state index contributed by atoms with van der Waals surface area (Å²) < 4.78 is 0. The molecule has 1 heterocycles. The Kier molecular flexibility index (Phi) is 4.19. The molecule has 0 aliphatic carbocycles. The number of aliphatic hydroxyl groups excluding tert-OH is 1. The molecule has 1 aromatic rings. The second-order valence-corrected chi connectivity index (χ2v) is 4.84. The van der Waals surface area contributed by atoms with Crippen molar-refractivity contribution in [3.63, 3.8) is 0 Å². The molecule has 4 nitrogen and oxygen atoms in total. The van der Waals surface area contributed by atoms with Gasteiger partial charge in [-0.15, -0.1) is 0 Å². The number of hydrogen-bond acceptors (Lipinski definition) is 4. The van der Waals surface area contributed by atoms with Crippen molar-refractivity contribution in [2.45, 2.75) is 25.4 Å². The summed E-state index contributed by atoms with van der Waals surface area (Å²) in [4.78, 5) is 2.31. The van der Waals surface area contributed by atoms with Crippen molar-refractivity contribution >= 4 is 5.69 Å². The summed E-state index contributed by atoms with van der Waals surface area (Å²) in [6, 6.07) is 10.6. The fraction of sp³-hybridized carbons (Fsp3) is 0.500. The van der Waals surface area contributed by atoms with Gasteiger partial charge in [-0.25, -0.2) is 0 Å². The highest BCUT2D eigenvalue weighted by Crippen LogP contribution is 2.19. The monoisotopic (exact) mass is 245 g/mol. The number of aliphatic hydroxyl groups is 1. The summed E-state index contributed by atoms with van der Waals surface area (Å²) in [7, 11) is 0. The molecule has 0 aromatic heterocycles. The molecule has 0 bridgehead atoms. The van der Waals surface area contributed by atoms with Crippen molar-refractivity contribution in [3.8, 4) is 6.07 Å². The highest BCUT2D eigenvalue weighted by molar-refractivity contribution is 5.50. The Bertz CT molecular complexity index is 424. The lowest BCUT2D eigenvalue weighted by atomic mass is 10.1. The van der Waals surface area contributed by atoms with Crippen LogP contribution in [0.5, 0.6) is 0 Å². The van der Waals surface area contributed by atoms with Gasteiger partial charge in [-0.3, -0.25) is 0 Å². The zero-order valence-electron chi connectivity index (χ0n) is 10.6. The maximum absolute atomic E-state index is 9.04. The van der Waals surface area contributed by atoms with Gasteiger partial charge in [0.25, 0.3) is 0 Å². The summed E-state index contributed by atoms with van der Waals surface area (Å²) in [5.41, 5.74) is 1.83. The Morgan fingerprint density at radius 1 is 1.39 bits per heavy atom. The third kappa shape index (κ3) is 3.00. The van der Waals surface area contributed by atoms with E-state index in [2.05, 4.69) is 23.2 Å². The van der Waals surface area contributed by atoms with Crippen LogP contribution in [0.3, 0.4) is 0 Å². The molecule has 2 rings (SSSR count). The fourth-order valence-corrected chi connectivity index (χ4v) is 2.47. The Balaban J connectivity index is 2.08. The zero-order valence-corrected chi connectivity index (χ0v) is 10.6. The molecule has 0 saturated carbocycles. The molecule has 0 amide bonds. The van der Waals surface area contributed by atoms with Gasteiger partial charge < -0.3 is 15.3 Å². The van der Waals surface area contributed by atoms with Crippen molar-refractivity contribution in [1.29, 1.82) is 5.26 Å². The van der Waals surface area contributed by atoms with E-state index in [-0.39, 0.29) is 6.61 Å². The van der Waals surface area contributed by atoms with E-state index < -0.39 is 0 Å². The van der Waals surface area contributed by atoms with Gasteiger partial charge in [-0.2, -0.15) is 5.26 Å². The van der Waals surface area contributed by atoms with E-state index in [4.69, 9.17) is 10.4 Å². The lowest BCUT2D eigenvalue weighted by Gasteiger charge is -2.39. The van der Waals surface area contributed by atoms with E-state index in [0.717, 1.165) is 25.2 Å². The topological polar surface area (TPSA) is 59.3 Å². The maximum Gasteiger partial charge on any atom is 0.0991 e. The number of benzene rings is 1. The molecule has 2 atom stereocenters. The Morgan fingerprint density at radius 3 is 2.72 bits per heavy atom. The van der Waals surface area contributed by atoms with Crippen LogP contribution in [0.1, 0.15) is 18.9 Å². The van der Waals surface area contributed by atoms with E-state index in [9.17, 15) is 0 Å². The molecule has 96 valence electrons. The molecule has 0 radical (unpaired) electrons. The molecule has 1 fully saturated rings. The average molecular weight is 245 g/mol. The quantitative estimate of drug-likeness (QED) is 0.837. The van der Waals surface area contributed by atoms with Crippen molar-refractivity contribution in [1.82, 2.24) is 5.32 Å². The second kappa shape index (κ2) is 5.85. The first-order valence-corrected chi connectivity index (χ1v) is 6.35. The smallest absolute Gasteiger partial charge is 0.0991 e. The molecule has 4 heteroatoms. The van der Waals surface area contributed by atoms with Gasteiger partial charge in [-0.1, -0.05) is 0 Å². The van der Waals surface area contributed by atoms with Gasteiger partial charge >= 0.3 is 0 Å². The summed E-state index contributed by atoms with van der Waals surface area (Å²) in [5, 5.41) is 21.3. The Labute approximate surface area is 108 Å². The summed E-state index contributed by atoms with van der Waals surface area (Å²) in [6.45, 7) is 4.22. The van der Waals surface area contributed by atoms with Crippen LogP contribution in [0.15, 0.2) is 24.3 Å². The zero-order chi connectivity index (χ0) is 13.0. The summed E-state index contributed by atoms with van der Waals surface area (Å²) in [6.07, 6.45) is 0.775. The van der Waals surface area contributed by atoms with Crippen LogP contribution < -0.4 is 10.2 Å². The van der Waals surface area contributed by atoms with Gasteiger partial charge in [0.05, 0.1) is 11.6 Å². The van der Waals surface area contributed by atoms with Crippen LogP contribution in [-0.2, 0) is 0 Å². The third-order valence-electron chi connectivity index (χ3n) is 3.29. The Morgan fingerprint density at radius 2 is 2.11 bits per heavy atom.